The fraction of sp³-hybridized carbons (Fsp3) is 0.371. The van der Waals surface area contributed by atoms with Gasteiger partial charge in [-0.25, -0.2) is 0 Å². The van der Waals surface area contributed by atoms with E-state index in [1.54, 1.807) is 16.7 Å². The Labute approximate surface area is 255 Å². The topological polar surface area (TPSA) is 25.8 Å². The summed E-state index contributed by atoms with van der Waals surface area (Å²) >= 11 is 3.52. The molecule has 0 saturated heterocycles. The van der Waals surface area contributed by atoms with E-state index in [4.69, 9.17) is 0 Å². The van der Waals surface area contributed by atoms with Crippen molar-refractivity contribution in [3.05, 3.63) is 106 Å². The third kappa shape index (κ3) is 5.58. The van der Waals surface area contributed by atoms with Gasteiger partial charge in [0.15, 0.2) is 0 Å². The number of pyridine rings is 2. The maximum absolute atomic E-state index is 4.67. The van der Waals surface area contributed by atoms with E-state index in [9.17, 15) is 0 Å². The van der Waals surface area contributed by atoms with Gasteiger partial charge in [-0.05, 0) is 84.9 Å². The summed E-state index contributed by atoms with van der Waals surface area (Å²) in [4.78, 5) is 9.10. The normalized spacial score (nSPS) is 23.3. The predicted octanol–water partition coefficient (Wildman–Crippen LogP) is 10.0. The molecule has 0 aliphatic heterocycles. The molecule has 1 radical (unpaired) electrons. The summed E-state index contributed by atoms with van der Waals surface area (Å²) in [6.45, 7) is 0. The van der Waals surface area contributed by atoms with Crippen LogP contribution in [-0.2, 0) is 20.1 Å². The Morgan fingerprint density at radius 1 is 0.641 bits per heavy atom. The summed E-state index contributed by atoms with van der Waals surface area (Å²) in [6.07, 6.45) is 15.0. The molecule has 10 rings (SSSR count). The molecule has 2 aromatic heterocycles. The number of halogens is 1. The number of aromatic nitrogens is 2. The predicted molar refractivity (Wildman–Crippen MR) is 159 cm³/mol. The van der Waals surface area contributed by atoms with Crippen LogP contribution in [0.3, 0.4) is 0 Å². The Morgan fingerprint density at radius 3 is 1.90 bits per heavy atom. The van der Waals surface area contributed by atoms with Crippen molar-refractivity contribution in [3.63, 3.8) is 0 Å². The molecule has 0 N–H and O–H groups in total. The van der Waals surface area contributed by atoms with Crippen LogP contribution in [0.1, 0.15) is 105 Å². The smallest absolute Gasteiger partial charge is 0.0198 e. The van der Waals surface area contributed by atoms with Gasteiger partial charge in [0.25, 0.3) is 0 Å². The van der Waals surface area contributed by atoms with Crippen LogP contribution >= 0.6 is 15.9 Å². The third-order valence-electron chi connectivity index (χ3n) is 9.18. The quantitative estimate of drug-likeness (QED) is 0.191. The van der Waals surface area contributed by atoms with E-state index in [1.165, 1.54) is 56.9 Å². The van der Waals surface area contributed by atoms with Gasteiger partial charge >= 0.3 is 0 Å². The van der Waals surface area contributed by atoms with Gasteiger partial charge in [-0.15, -0.1) is 64.7 Å². The Morgan fingerprint density at radius 2 is 1.26 bits per heavy atom. The maximum Gasteiger partial charge on any atom is 0.0198 e. The van der Waals surface area contributed by atoms with Crippen molar-refractivity contribution in [3.8, 4) is 22.5 Å². The molecule has 2 aromatic carbocycles. The van der Waals surface area contributed by atoms with Gasteiger partial charge in [0.1, 0.15) is 0 Å². The molecular formula is C35H35BrIrN2-2. The van der Waals surface area contributed by atoms with Crippen molar-refractivity contribution < 1.29 is 20.1 Å². The van der Waals surface area contributed by atoms with Crippen LogP contribution < -0.4 is 0 Å². The van der Waals surface area contributed by atoms with E-state index in [-0.39, 0.29) is 27.5 Å². The first kappa shape index (κ1) is 28.4. The van der Waals surface area contributed by atoms with Crippen LogP contribution in [0.25, 0.3) is 22.5 Å². The summed E-state index contributed by atoms with van der Waals surface area (Å²) in [7, 11) is 0. The molecule has 4 aromatic rings. The molecule has 4 heteroatoms. The van der Waals surface area contributed by atoms with Crippen molar-refractivity contribution in [2.24, 2.45) is 0 Å². The summed E-state index contributed by atoms with van der Waals surface area (Å²) in [6, 6.07) is 25.7. The number of rotatable bonds is 2. The van der Waals surface area contributed by atoms with Gasteiger partial charge in [-0.1, -0.05) is 64.8 Å². The molecule has 39 heavy (non-hydrogen) atoms. The molecule has 203 valence electrons. The molecule has 2 fully saturated rings. The second kappa shape index (κ2) is 12.2. The molecule has 2 nitrogen and oxygen atoms in total. The summed E-state index contributed by atoms with van der Waals surface area (Å²) in [5.74, 6) is 3.14. The molecule has 6 aliphatic carbocycles. The molecule has 2 heterocycles. The molecule has 4 bridgehead atoms. The number of nitrogens with zero attached hydrogens (tertiary/aromatic N) is 2. The first-order valence-corrected chi connectivity index (χ1v) is 14.7. The van der Waals surface area contributed by atoms with Crippen LogP contribution in [0.15, 0.2) is 71.5 Å². The zero-order chi connectivity index (χ0) is 24.8. The van der Waals surface area contributed by atoms with E-state index in [1.807, 2.05) is 30.5 Å². The van der Waals surface area contributed by atoms with Gasteiger partial charge in [-0.3, -0.25) is 0 Å². The van der Waals surface area contributed by atoms with E-state index in [0.717, 1.165) is 50.7 Å². The Balaban J connectivity index is 0.000000150. The Kier molecular flexibility index (Phi) is 8.86. The van der Waals surface area contributed by atoms with Crippen molar-refractivity contribution in [1.29, 1.82) is 0 Å². The first-order chi connectivity index (χ1) is 18.2. The number of fused-ring (bicyclic) bond motifs is 4. The van der Waals surface area contributed by atoms with Gasteiger partial charge in [-0.2, -0.15) is 0 Å². The average molecular weight is 756 g/mol. The van der Waals surface area contributed by atoms with E-state index in [2.05, 4.69) is 74.6 Å². The largest absolute Gasteiger partial charge is 0.305 e. The van der Waals surface area contributed by atoms with E-state index < -0.39 is 0 Å². The average Bonchev–Trinajstić information content (AvgIpc) is 2.99. The minimum Gasteiger partial charge on any atom is -0.305 e. The number of benzene rings is 2. The number of hydrogen-bond donors (Lipinski definition) is 0. The van der Waals surface area contributed by atoms with Crippen LogP contribution in [0.2, 0.25) is 0 Å². The Hall–Kier alpha value is -2.13. The maximum atomic E-state index is 4.67. The molecule has 2 saturated carbocycles. The monoisotopic (exact) mass is 755 g/mol. The van der Waals surface area contributed by atoms with Crippen LogP contribution in [-0.4, -0.2) is 9.97 Å². The summed E-state index contributed by atoms with van der Waals surface area (Å²) in [5, 5.41) is 0. The van der Waals surface area contributed by atoms with Crippen molar-refractivity contribution in [1.82, 2.24) is 9.97 Å². The summed E-state index contributed by atoms with van der Waals surface area (Å²) < 4.78 is 1.09. The van der Waals surface area contributed by atoms with Gasteiger partial charge in [0, 0.05) is 32.5 Å². The zero-order valence-corrected chi connectivity index (χ0v) is 25.4. The van der Waals surface area contributed by atoms with Crippen molar-refractivity contribution in [2.75, 3.05) is 0 Å². The fourth-order valence-electron chi connectivity index (χ4n) is 7.24. The molecule has 0 unspecified atom stereocenters. The van der Waals surface area contributed by atoms with Crippen LogP contribution in [0.5, 0.6) is 0 Å². The van der Waals surface area contributed by atoms with E-state index in [0.29, 0.717) is 0 Å². The molecule has 0 amide bonds. The first-order valence-electron chi connectivity index (χ1n) is 13.9. The fourth-order valence-corrected chi connectivity index (χ4v) is 7.60. The van der Waals surface area contributed by atoms with Crippen molar-refractivity contribution in [2.45, 2.75) is 82.5 Å². The van der Waals surface area contributed by atoms with Gasteiger partial charge in [0.05, 0.1) is 0 Å². The molecule has 6 aliphatic rings. The zero-order valence-electron chi connectivity index (χ0n) is 21.4. The van der Waals surface area contributed by atoms with Crippen LogP contribution in [0.4, 0.5) is 0 Å². The SMILES string of the molecule is Brc1cc[c-]c(-c2cc3c(cn2)C2CCC3CC2)c1.C.[Ir].[c-]1cc2c(cc1-c1ccccn1)C1CCC2CC1. The third-order valence-corrected chi connectivity index (χ3v) is 9.67. The minimum absolute atomic E-state index is 0. The second-order valence-corrected chi connectivity index (χ2v) is 12.1. The Bertz CT molecular complexity index is 1420. The van der Waals surface area contributed by atoms with Crippen molar-refractivity contribution >= 4 is 15.9 Å². The molecular weight excluding hydrogens is 721 g/mol. The van der Waals surface area contributed by atoms with Gasteiger partial charge in [0.2, 0.25) is 0 Å². The van der Waals surface area contributed by atoms with Gasteiger partial charge < -0.3 is 9.97 Å². The molecule has 0 atom stereocenters. The second-order valence-electron chi connectivity index (χ2n) is 11.2. The summed E-state index contributed by atoms with van der Waals surface area (Å²) in [5.41, 5.74) is 10.6. The minimum atomic E-state index is 0. The standard InChI is InChI=1S/C17H15BrN.C17H16N.CH4.Ir/c18-14-3-1-2-13(8-14)17-9-15-11-4-6-12(7-5-11)16(15)10-19-17;1-2-10-18-17(3-1)14-8-9-15-12-4-6-13(7-5-12)16(15)11-14;;/h1,3,8-12H,4-7H2;1-3,9-13H,4-7H2;1H4;/q2*-1;;. The number of hydrogen-bond acceptors (Lipinski definition) is 2. The van der Waals surface area contributed by atoms with Crippen LogP contribution in [0, 0.1) is 12.1 Å². The molecule has 0 spiro atoms. The van der Waals surface area contributed by atoms with E-state index >= 15 is 0 Å².